The molecular formula is C15H20O3. The molecule has 0 aliphatic heterocycles. The summed E-state index contributed by atoms with van der Waals surface area (Å²) in [5.74, 6) is 0.959. The lowest BCUT2D eigenvalue weighted by Gasteiger charge is -2.13. The Morgan fingerprint density at radius 3 is 2.50 bits per heavy atom. The van der Waals surface area contributed by atoms with Gasteiger partial charge < -0.3 is 9.47 Å². The standard InChI is InChI=1S/C15H20O3/c1-4-5-15(10-12(2)16)18-11-13-6-8-14(17-3)9-7-13/h4-9,15H,10-11H2,1-3H3/b5-4+/t15-/m0/s1. The number of allylic oxidation sites excluding steroid dienone is 1. The molecule has 0 unspecified atom stereocenters. The summed E-state index contributed by atoms with van der Waals surface area (Å²) in [6, 6.07) is 7.71. The van der Waals surface area contributed by atoms with Crippen LogP contribution in [0.1, 0.15) is 25.8 Å². The average molecular weight is 248 g/mol. The van der Waals surface area contributed by atoms with Crippen molar-refractivity contribution in [3.05, 3.63) is 42.0 Å². The number of ether oxygens (including phenoxy) is 2. The Morgan fingerprint density at radius 1 is 1.33 bits per heavy atom. The predicted octanol–water partition coefficient (Wildman–Crippen LogP) is 3.14. The summed E-state index contributed by atoms with van der Waals surface area (Å²) in [6.07, 6.45) is 4.09. The maximum atomic E-state index is 11.1. The third-order valence-corrected chi connectivity index (χ3v) is 2.52. The van der Waals surface area contributed by atoms with Crippen LogP contribution in [0.25, 0.3) is 0 Å². The van der Waals surface area contributed by atoms with E-state index in [0.717, 1.165) is 11.3 Å². The minimum atomic E-state index is -0.144. The van der Waals surface area contributed by atoms with E-state index in [9.17, 15) is 4.79 Å². The third-order valence-electron chi connectivity index (χ3n) is 2.52. The number of rotatable bonds is 7. The van der Waals surface area contributed by atoms with Crippen LogP contribution in [0.15, 0.2) is 36.4 Å². The van der Waals surface area contributed by atoms with Gasteiger partial charge in [-0.1, -0.05) is 24.3 Å². The van der Waals surface area contributed by atoms with Crippen molar-refractivity contribution in [2.24, 2.45) is 0 Å². The van der Waals surface area contributed by atoms with E-state index in [0.29, 0.717) is 13.0 Å². The Labute approximate surface area is 108 Å². The minimum absolute atomic E-state index is 0.132. The highest BCUT2D eigenvalue weighted by Crippen LogP contribution is 2.13. The highest BCUT2D eigenvalue weighted by Gasteiger charge is 2.08. The number of ketones is 1. The first-order chi connectivity index (χ1) is 8.65. The predicted molar refractivity (Wildman–Crippen MR) is 71.7 cm³/mol. The van der Waals surface area contributed by atoms with E-state index in [1.807, 2.05) is 43.3 Å². The van der Waals surface area contributed by atoms with Crippen molar-refractivity contribution < 1.29 is 14.3 Å². The maximum Gasteiger partial charge on any atom is 0.132 e. The van der Waals surface area contributed by atoms with Crippen LogP contribution >= 0.6 is 0 Å². The van der Waals surface area contributed by atoms with Gasteiger partial charge in [0.15, 0.2) is 0 Å². The van der Waals surface area contributed by atoms with Crippen molar-refractivity contribution in [2.75, 3.05) is 7.11 Å². The number of Topliss-reactive ketones (excluding diaryl/α,β-unsaturated/α-hetero) is 1. The lowest BCUT2D eigenvalue weighted by molar-refractivity contribution is -0.119. The SMILES string of the molecule is C/C=C/[C@@H](CC(C)=O)OCc1ccc(OC)cc1. The molecule has 0 bridgehead atoms. The molecule has 1 atom stereocenters. The smallest absolute Gasteiger partial charge is 0.132 e. The number of methoxy groups -OCH3 is 1. The van der Waals surface area contributed by atoms with Gasteiger partial charge in [0.2, 0.25) is 0 Å². The lowest BCUT2D eigenvalue weighted by Crippen LogP contribution is -2.13. The number of benzene rings is 1. The van der Waals surface area contributed by atoms with Gasteiger partial charge in [-0.05, 0) is 31.5 Å². The van der Waals surface area contributed by atoms with Crippen molar-refractivity contribution in [1.29, 1.82) is 0 Å². The topological polar surface area (TPSA) is 35.5 Å². The molecule has 0 aromatic heterocycles. The van der Waals surface area contributed by atoms with Crippen molar-refractivity contribution >= 4 is 5.78 Å². The molecule has 1 rings (SSSR count). The van der Waals surface area contributed by atoms with E-state index in [4.69, 9.17) is 9.47 Å². The second-order valence-corrected chi connectivity index (χ2v) is 4.13. The molecule has 0 amide bonds. The highest BCUT2D eigenvalue weighted by molar-refractivity contribution is 5.76. The summed E-state index contributed by atoms with van der Waals surface area (Å²) < 4.78 is 10.8. The molecule has 1 aromatic carbocycles. The largest absolute Gasteiger partial charge is 0.497 e. The van der Waals surface area contributed by atoms with Crippen molar-refractivity contribution in [3.8, 4) is 5.75 Å². The molecule has 0 aliphatic carbocycles. The Balaban J connectivity index is 2.52. The average Bonchev–Trinajstić information content (AvgIpc) is 2.36. The second-order valence-electron chi connectivity index (χ2n) is 4.13. The molecule has 0 spiro atoms. The Hall–Kier alpha value is -1.61. The van der Waals surface area contributed by atoms with Crippen LogP contribution in [0.2, 0.25) is 0 Å². The summed E-state index contributed by atoms with van der Waals surface area (Å²) in [5.41, 5.74) is 1.06. The molecule has 98 valence electrons. The number of carbonyl (C=O) groups is 1. The van der Waals surface area contributed by atoms with Gasteiger partial charge in [-0.15, -0.1) is 0 Å². The van der Waals surface area contributed by atoms with Crippen LogP contribution in [0.4, 0.5) is 0 Å². The quantitative estimate of drug-likeness (QED) is 0.695. The molecular weight excluding hydrogens is 228 g/mol. The normalized spacial score (nSPS) is 12.6. The molecule has 0 fully saturated rings. The summed E-state index contributed by atoms with van der Waals surface area (Å²) in [7, 11) is 1.64. The molecule has 0 saturated carbocycles. The molecule has 0 N–H and O–H groups in total. The van der Waals surface area contributed by atoms with Gasteiger partial charge in [0.25, 0.3) is 0 Å². The van der Waals surface area contributed by atoms with Crippen LogP contribution in [0, 0.1) is 0 Å². The van der Waals surface area contributed by atoms with Crippen LogP contribution in [0.5, 0.6) is 5.75 Å². The van der Waals surface area contributed by atoms with Crippen molar-refractivity contribution in [1.82, 2.24) is 0 Å². The third kappa shape index (κ3) is 5.15. The van der Waals surface area contributed by atoms with Crippen LogP contribution in [0.3, 0.4) is 0 Å². The first kappa shape index (κ1) is 14.5. The van der Waals surface area contributed by atoms with E-state index >= 15 is 0 Å². The van der Waals surface area contributed by atoms with E-state index in [-0.39, 0.29) is 11.9 Å². The fraction of sp³-hybridized carbons (Fsp3) is 0.400. The number of carbonyl (C=O) groups excluding carboxylic acids is 1. The minimum Gasteiger partial charge on any atom is -0.497 e. The van der Waals surface area contributed by atoms with Crippen molar-refractivity contribution in [2.45, 2.75) is 33.0 Å². The molecule has 3 nitrogen and oxygen atoms in total. The van der Waals surface area contributed by atoms with E-state index in [1.54, 1.807) is 14.0 Å². The van der Waals surface area contributed by atoms with Gasteiger partial charge in [0, 0.05) is 6.42 Å². The number of hydrogen-bond donors (Lipinski definition) is 0. The molecule has 0 saturated heterocycles. The molecule has 0 aliphatic rings. The summed E-state index contributed by atoms with van der Waals surface area (Å²) in [6.45, 7) is 3.99. The summed E-state index contributed by atoms with van der Waals surface area (Å²) in [4.78, 5) is 11.1. The molecule has 18 heavy (non-hydrogen) atoms. The molecule has 0 heterocycles. The van der Waals surface area contributed by atoms with Gasteiger partial charge in [0.1, 0.15) is 11.5 Å². The highest BCUT2D eigenvalue weighted by atomic mass is 16.5. The Morgan fingerprint density at radius 2 is 2.00 bits per heavy atom. The van der Waals surface area contributed by atoms with Crippen LogP contribution in [-0.2, 0) is 16.1 Å². The Kier molecular flexibility index (Phi) is 6.15. The first-order valence-electron chi connectivity index (χ1n) is 6.02. The zero-order valence-electron chi connectivity index (χ0n) is 11.2. The van der Waals surface area contributed by atoms with Gasteiger partial charge in [-0.3, -0.25) is 4.79 Å². The summed E-state index contributed by atoms with van der Waals surface area (Å²) >= 11 is 0. The van der Waals surface area contributed by atoms with Gasteiger partial charge >= 0.3 is 0 Å². The van der Waals surface area contributed by atoms with Crippen LogP contribution < -0.4 is 4.74 Å². The maximum absolute atomic E-state index is 11.1. The molecule has 3 heteroatoms. The van der Waals surface area contributed by atoms with Gasteiger partial charge in [-0.25, -0.2) is 0 Å². The first-order valence-corrected chi connectivity index (χ1v) is 6.02. The molecule has 0 radical (unpaired) electrons. The van der Waals surface area contributed by atoms with Crippen LogP contribution in [-0.4, -0.2) is 19.0 Å². The number of hydrogen-bond acceptors (Lipinski definition) is 3. The van der Waals surface area contributed by atoms with E-state index in [1.165, 1.54) is 0 Å². The lowest BCUT2D eigenvalue weighted by atomic mass is 10.1. The monoisotopic (exact) mass is 248 g/mol. The summed E-state index contributed by atoms with van der Waals surface area (Å²) in [5, 5.41) is 0. The fourth-order valence-corrected chi connectivity index (χ4v) is 1.61. The second kappa shape index (κ2) is 7.67. The van der Waals surface area contributed by atoms with Gasteiger partial charge in [0.05, 0.1) is 19.8 Å². The van der Waals surface area contributed by atoms with E-state index < -0.39 is 0 Å². The fourth-order valence-electron chi connectivity index (χ4n) is 1.61. The van der Waals surface area contributed by atoms with Crippen molar-refractivity contribution in [3.63, 3.8) is 0 Å². The van der Waals surface area contributed by atoms with Gasteiger partial charge in [-0.2, -0.15) is 0 Å². The zero-order chi connectivity index (χ0) is 13.4. The Bertz CT molecular complexity index is 393. The zero-order valence-corrected chi connectivity index (χ0v) is 11.2. The molecule has 1 aromatic rings. The van der Waals surface area contributed by atoms with E-state index in [2.05, 4.69) is 0 Å².